The van der Waals surface area contributed by atoms with Crippen LogP contribution in [0, 0.1) is 6.92 Å². The molecule has 1 aliphatic heterocycles. The minimum Gasteiger partial charge on any atom is -0.432 e. The lowest BCUT2D eigenvalue weighted by molar-refractivity contribution is 0.402. The average molecular weight is 307 g/mol. The van der Waals surface area contributed by atoms with Crippen LogP contribution in [0.2, 0.25) is 0 Å². The zero-order valence-electron chi connectivity index (χ0n) is 13.6. The fraction of sp³-hybridized carbons (Fsp3) is 0.421. The molecule has 0 amide bonds. The Kier molecular flexibility index (Phi) is 2.53. The Morgan fingerprint density at radius 3 is 2.78 bits per heavy atom. The largest absolute Gasteiger partial charge is 0.432 e. The molecule has 2 aromatic heterocycles. The third-order valence-electron chi connectivity index (χ3n) is 5.78. The van der Waals surface area contributed by atoms with Gasteiger partial charge in [-0.2, -0.15) is 4.98 Å². The molecule has 3 heterocycles. The molecule has 4 heteroatoms. The van der Waals surface area contributed by atoms with Crippen LogP contribution in [0.3, 0.4) is 0 Å². The number of imidazole rings is 1. The van der Waals surface area contributed by atoms with Crippen molar-refractivity contribution in [1.29, 1.82) is 0 Å². The van der Waals surface area contributed by atoms with E-state index in [-0.39, 0.29) is 11.6 Å². The Labute approximate surface area is 135 Å². The van der Waals surface area contributed by atoms with Crippen molar-refractivity contribution in [2.75, 3.05) is 4.90 Å². The molecule has 2 aliphatic rings. The lowest BCUT2D eigenvalue weighted by Gasteiger charge is -2.40. The van der Waals surface area contributed by atoms with Crippen LogP contribution in [0.4, 0.5) is 5.69 Å². The number of para-hydroxylation sites is 1. The summed E-state index contributed by atoms with van der Waals surface area (Å²) in [6.07, 6.45) is 8.70. The highest BCUT2D eigenvalue weighted by molar-refractivity contribution is 5.63. The molecule has 0 N–H and O–H groups in total. The minimum atomic E-state index is 0.0597. The fourth-order valence-corrected chi connectivity index (χ4v) is 4.87. The van der Waals surface area contributed by atoms with E-state index in [4.69, 9.17) is 9.40 Å². The molecule has 4 nitrogen and oxygen atoms in total. The second-order valence-corrected chi connectivity index (χ2v) is 6.97. The van der Waals surface area contributed by atoms with Gasteiger partial charge < -0.3 is 9.32 Å². The van der Waals surface area contributed by atoms with Crippen molar-refractivity contribution >= 4 is 11.5 Å². The Morgan fingerprint density at radius 2 is 2.00 bits per heavy atom. The molecule has 0 saturated heterocycles. The molecule has 118 valence electrons. The highest BCUT2D eigenvalue weighted by Crippen LogP contribution is 2.56. The summed E-state index contributed by atoms with van der Waals surface area (Å²) in [5, 5.41) is 0. The van der Waals surface area contributed by atoms with E-state index in [0.29, 0.717) is 0 Å². The van der Waals surface area contributed by atoms with Gasteiger partial charge in [0.25, 0.3) is 0 Å². The number of fused-ring (bicyclic) bond motifs is 4. The third-order valence-corrected chi connectivity index (χ3v) is 5.78. The number of aryl methyl sites for hydroxylation is 1. The van der Waals surface area contributed by atoms with Crippen molar-refractivity contribution in [3.63, 3.8) is 0 Å². The van der Waals surface area contributed by atoms with Crippen LogP contribution >= 0.6 is 0 Å². The Bertz CT molecular complexity index is 885. The fourth-order valence-electron chi connectivity index (χ4n) is 4.87. The predicted molar refractivity (Wildman–Crippen MR) is 89.7 cm³/mol. The lowest BCUT2D eigenvalue weighted by Crippen LogP contribution is -2.41. The summed E-state index contributed by atoms with van der Waals surface area (Å²) in [6, 6.07) is 9.01. The van der Waals surface area contributed by atoms with Gasteiger partial charge in [-0.15, -0.1) is 0 Å². The molecule has 0 bridgehead atoms. The van der Waals surface area contributed by atoms with Crippen molar-refractivity contribution in [2.24, 2.45) is 0 Å². The lowest BCUT2D eigenvalue weighted by atomic mass is 9.92. The van der Waals surface area contributed by atoms with Crippen LogP contribution < -0.4 is 4.90 Å². The van der Waals surface area contributed by atoms with Gasteiger partial charge in [0.05, 0.1) is 23.0 Å². The summed E-state index contributed by atoms with van der Waals surface area (Å²) in [6.45, 7) is 4.49. The van der Waals surface area contributed by atoms with Crippen LogP contribution in [0.15, 0.2) is 41.1 Å². The van der Waals surface area contributed by atoms with Crippen molar-refractivity contribution in [2.45, 2.75) is 51.1 Å². The van der Waals surface area contributed by atoms with Gasteiger partial charge in [-0.3, -0.25) is 4.40 Å². The van der Waals surface area contributed by atoms with E-state index < -0.39 is 0 Å². The van der Waals surface area contributed by atoms with E-state index in [1.807, 2.05) is 6.20 Å². The summed E-state index contributed by atoms with van der Waals surface area (Å²) >= 11 is 0. The monoisotopic (exact) mass is 307 g/mol. The number of benzene rings is 1. The van der Waals surface area contributed by atoms with E-state index in [2.05, 4.69) is 47.4 Å². The van der Waals surface area contributed by atoms with Gasteiger partial charge >= 0.3 is 5.84 Å². The van der Waals surface area contributed by atoms with Gasteiger partial charge in [-0.1, -0.05) is 31.0 Å². The maximum absolute atomic E-state index is 5.56. The normalized spacial score (nSPS) is 22.3. The van der Waals surface area contributed by atoms with Gasteiger partial charge in [0.15, 0.2) is 0 Å². The molecule has 1 fully saturated rings. The van der Waals surface area contributed by atoms with Crippen LogP contribution in [-0.4, -0.2) is 9.38 Å². The standard InChI is InChI=1S/C19H21N3O/c1-13-7-3-4-8-15(13)22-14(2)16-17(19(22)9-5-6-10-19)21-11-12-23-18(21)20-16/h3-4,7-8,11-12,14H,5-6,9-10H2,1-2H3. The molecule has 1 aromatic carbocycles. The number of anilines is 1. The molecule has 1 atom stereocenters. The van der Waals surface area contributed by atoms with Gasteiger partial charge in [-0.05, 0) is 38.3 Å². The molecular weight excluding hydrogens is 286 g/mol. The number of nitrogens with zero attached hydrogens (tertiary/aromatic N) is 3. The summed E-state index contributed by atoms with van der Waals surface area (Å²) < 4.78 is 7.74. The average Bonchev–Trinajstić information content (AvgIpc) is 3.26. The molecule has 23 heavy (non-hydrogen) atoms. The first-order chi connectivity index (χ1) is 11.2. The molecule has 0 radical (unpaired) electrons. The summed E-state index contributed by atoms with van der Waals surface area (Å²) in [5.74, 6) is 0.734. The highest BCUT2D eigenvalue weighted by atomic mass is 16.3. The molecule has 1 aliphatic carbocycles. The minimum absolute atomic E-state index is 0.0597. The van der Waals surface area contributed by atoms with Crippen LogP contribution in [-0.2, 0) is 5.54 Å². The molecule has 1 saturated carbocycles. The summed E-state index contributed by atoms with van der Waals surface area (Å²) in [4.78, 5) is 7.44. The van der Waals surface area contributed by atoms with E-state index in [1.54, 1.807) is 6.26 Å². The van der Waals surface area contributed by atoms with Gasteiger partial charge in [-0.25, -0.2) is 0 Å². The molecule has 1 unspecified atom stereocenters. The second kappa shape index (κ2) is 4.40. The van der Waals surface area contributed by atoms with Crippen LogP contribution in [0.1, 0.15) is 55.6 Å². The summed E-state index contributed by atoms with van der Waals surface area (Å²) in [5.41, 5.74) is 5.29. The van der Waals surface area contributed by atoms with Crippen molar-refractivity contribution < 1.29 is 4.42 Å². The first-order valence-electron chi connectivity index (χ1n) is 8.53. The molecule has 5 rings (SSSR count). The SMILES string of the molecule is Cc1ccccc1N1C(C)c2nc3occn3c2C12CCCC2. The van der Waals surface area contributed by atoms with Crippen LogP contribution in [0.5, 0.6) is 0 Å². The maximum atomic E-state index is 5.56. The topological polar surface area (TPSA) is 33.7 Å². The zero-order chi connectivity index (χ0) is 15.6. The first-order valence-corrected chi connectivity index (χ1v) is 8.53. The maximum Gasteiger partial charge on any atom is 0.306 e. The Morgan fingerprint density at radius 1 is 1.22 bits per heavy atom. The summed E-state index contributed by atoms with van der Waals surface area (Å²) in [7, 11) is 0. The highest BCUT2D eigenvalue weighted by Gasteiger charge is 2.53. The number of hydrogen-bond donors (Lipinski definition) is 0. The predicted octanol–water partition coefficient (Wildman–Crippen LogP) is 4.59. The molecule has 3 aromatic rings. The van der Waals surface area contributed by atoms with Crippen molar-refractivity contribution in [3.05, 3.63) is 53.7 Å². The van der Waals surface area contributed by atoms with E-state index >= 15 is 0 Å². The second-order valence-electron chi connectivity index (χ2n) is 6.97. The van der Waals surface area contributed by atoms with Crippen molar-refractivity contribution in [1.82, 2.24) is 9.38 Å². The number of aromatic nitrogens is 2. The number of oxazole rings is 1. The first kappa shape index (κ1) is 13.2. The number of rotatable bonds is 1. The zero-order valence-corrected chi connectivity index (χ0v) is 13.6. The van der Waals surface area contributed by atoms with Gasteiger partial charge in [0.1, 0.15) is 6.26 Å². The van der Waals surface area contributed by atoms with E-state index in [1.165, 1.54) is 48.3 Å². The Hall–Kier alpha value is -2.23. The quantitative estimate of drug-likeness (QED) is 0.659. The van der Waals surface area contributed by atoms with E-state index in [9.17, 15) is 0 Å². The van der Waals surface area contributed by atoms with Crippen molar-refractivity contribution in [3.8, 4) is 0 Å². The smallest absolute Gasteiger partial charge is 0.306 e. The third kappa shape index (κ3) is 1.54. The van der Waals surface area contributed by atoms with Gasteiger partial charge in [0, 0.05) is 11.9 Å². The molecule has 1 spiro atoms. The number of hydrogen-bond acceptors (Lipinski definition) is 3. The van der Waals surface area contributed by atoms with Gasteiger partial charge in [0.2, 0.25) is 0 Å². The Balaban J connectivity index is 1.79. The van der Waals surface area contributed by atoms with E-state index in [0.717, 1.165) is 5.84 Å². The molecular formula is C19H21N3O. The van der Waals surface area contributed by atoms with Crippen LogP contribution in [0.25, 0.3) is 5.84 Å².